The third-order valence-electron chi connectivity index (χ3n) is 7.17. The molecule has 8 heteroatoms. The second-order valence-electron chi connectivity index (χ2n) is 9.40. The molecule has 2 aliphatic carbocycles. The Balaban J connectivity index is 1.10. The van der Waals surface area contributed by atoms with Gasteiger partial charge in [0, 0.05) is 19.0 Å². The highest BCUT2D eigenvalue weighted by atomic mass is 16.5. The molecule has 1 saturated carbocycles. The lowest BCUT2D eigenvalue weighted by molar-refractivity contribution is -0.141. The van der Waals surface area contributed by atoms with Crippen LogP contribution in [0.2, 0.25) is 0 Å². The predicted molar refractivity (Wildman–Crippen MR) is 123 cm³/mol. The van der Waals surface area contributed by atoms with Crippen LogP contribution in [0.4, 0.5) is 4.79 Å². The summed E-state index contributed by atoms with van der Waals surface area (Å²) in [6, 6.07) is 16.3. The minimum absolute atomic E-state index is 0.0163. The number of carbonyl (C=O) groups is 3. The van der Waals surface area contributed by atoms with Crippen LogP contribution >= 0.6 is 0 Å². The number of rotatable bonds is 8. The van der Waals surface area contributed by atoms with Gasteiger partial charge in [-0.25, -0.2) is 4.79 Å². The maximum absolute atomic E-state index is 12.7. The molecule has 8 nitrogen and oxygen atoms in total. The molecule has 178 valence electrons. The van der Waals surface area contributed by atoms with Gasteiger partial charge >= 0.3 is 12.1 Å². The van der Waals surface area contributed by atoms with Crippen LogP contribution in [0.15, 0.2) is 48.5 Å². The highest BCUT2D eigenvalue weighted by Crippen LogP contribution is 2.46. The Morgan fingerprint density at radius 3 is 2.24 bits per heavy atom. The number of amides is 2. The van der Waals surface area contributed by atoms with Gasteiger partial charge in [-0.15, -0.1) is 0 Å². The predicted octanol–water partition coefficient (Wildman–Crippen LogP) is 2.91. The van der Waals surface area contributed by atoms with Crippen molar-refractivity contribution < 1.29 is 29.0 Å². The minimum Gasteiger partial charge on any atom is -0.481 e. The van der Waals surface area contributed by atoms with Crippen molar-refractivity contribution >= 4 is 18.0 Å². The maximum atomic E-state index is 12.7. The van der Waals surface area contributed by atoms with E-state index in [9.17, 15) is 14.4 Å². The van der Waals surface area contributed by atoms with Crippen LogP contribution in [0.1, 0.15) is 36.3 Å². The molecule has 1 saturated heterocycles. The Labute approximate surface area is 197 Å². The second kappa shape index (κ2) is 9.10. The van der Waals surface area contributed by atoms with E-state index in [2.05, 4.69) is 34.9 Å². The third-order valence-corrected chi connectivity index (χ3v) is 7.17. The van der Waals surface area contributed by atoms with Gasteiger partial charge < -0.3 is 25.2 Å². The standard InChI is InChI=1S/C26H28N2O6/c29-23(30)16-11-17(33-13-16)12-27-24(31)26(9-10-26)15-28-25(32)34-14-22-20-7-3-1-5-18(20)19-6-2-4-8-21(19)22/h1-8,16-17,22H,9-15H2,(H,27,31)(H,28,32)(H,29,30)/t16-,17-/m0/s1. The molecule has 1 heterocycles. The fourth-order valence-corrected chi connectivity index (χ4v) is 4.94. The number of benzene rings is 2. The first-order valence-electron chi connectivity index (χ1n) is 11.7. The zero-order valence-corrected chi connectivity index (χ0v) is 18.8. The maximum Gasteiger partial charge on any atom is 0.407 e. The van der Waals surface area contributed by atoms with E-state index < -0.39 is 23.4 Å². The molecule has 0 radical (unpaired) electrons. The van der Waals surface area contributed by atoms with Crippen LogP contribution < -0.4 is 10.6 Å². The molecular formula is C26H28N2O6. The lowest BCUT2D eigenvalue weighted by Crippen LogP contribution is -2.43. The zero-order chi connectivity index (χ0) is 23.7. The highest BCUT2D eigenvalue weighted by Gasteiger charge is 2.50. The first-order valence-corrected chi connectivity index (χ1v) is 11.7. The van der Waals surface area contributed by atoms with Crippen molar-refractivity contribution in [3.05, 3.63) is 59.7 Å². The molecule has 3 N–H and O–H groups in total. The lowest BCUT2D eigenvalue weighted by atomic mass is 9.98. The van der Waals surface area contributed by atoms with E-state index in [1.165, 1.54) is 11.1 Å². The van der Waals surface area contributed by atoms with Gasteiger partial charge in [-0.05, 0) is 41.5 Å². The molecule has 0 aromatic heterocycles. The Hall–Kier alpha value is -3.39. The fraction of sp³-hybridized carbons (Fsp3) is 0.423. The van der Waals surface area contributed by atoms with Crippen LogP contribution in [-0.4, -0.2) is 55.5 Å². The third kappa shape index (κ3) is 4.37. The topological polar surface area (TPSA) is 114 Å². The fourth-order valence-electron chi connectivity index (χ4n) is 4.94. The van der Waals surface area contributed by atoms with Gasteiger partial charge in [-0.2, -0.15) is 0 Å². The molecule has 3 aliphatic rings. The van der Waals surface area contributed by atoms with Crippen molar-refractivity contribution in [3.63, 3.8) is 0 Å². The van der Waals surface area contributed by atoms with Crippen LogP contribution in [0.3, 0.4) is 0 Å². The molecule has 0 unspecified atom stereocenters. The monoisotopic (exact) mass is 464 g/mol. The minimum atomic E-state index is -0.875. The Bertz CT molecular complexity index is 1070. The molecular weight excluding hydrogens is 436 g/mol. The van der Waals surface area contributed by atoms with Crippen molar-refractivity contribution in [1.29, 1.82) is 0 Å². The molecule has 2 atom stereocenters. The van der Waals surface area contributed by atoms with Crippen molar-refractivity contribution in [2.75, 3.05) is 26.3 Å². The lowest BCUT2D eigenvalue weighted by Gasteiger charge is -2.19. The summed E-state index contributed by atoms with van der Waals surface area (Å²) >= 11 is 0. The normalized spacial score (nSPS) is 21.9. The highest BCUT2D eigenvalue weighted by molar-refractivity contribution is 5.86. The molecule has 2 aromatic rings. The van der Waals surface area contributed by atoms with E-state index in [4.69, 9.17) is 14.6 Å². The number of aliphatic carboxylic acids is 1. The number of nitrogens with one attached hydrogen (secondary N) is 2. The van der Waals surface area contributed by atoms with Crippen molar-refractivity contribution in [3.8, 4) is 11.1 Å². The summed E-state index contributed by atoms with van der Waals surface area (Å²) in [7, 11) is 0. The molecule has 2 fully saturated rings. The van der Waals surface area contributed by atoms with Gasteiger partial charge in [0.15, 0.2) is 0 Å². The smallest absolute Gasteiger partial charge is 0.407 e. The summed E-state index contributed by atoms with van der Waals surface area (Å²) in [5.41, 5.74) is 4.00. The number of fused-ring (bicyclic) bond motifs is 3. The van der Waals surface area contributed by atoms with Crippen molar-refractivity contribution in [1.82, 2.24) is 10.6 Å². The van der Waals surface area contributed by atoms with E-state index in [1.807, 2.05) is 24.3 Å². The molecule has 2 aromatic carbocycles. The number of carboxylic acid groups (broad SMARTS) is 1. The van der Waals surface area contributed by atoms with Crippen LogP contribution in [0.5, 0.6) is 0 Å². The Kier molecular flexibility index (Phi) is 6.00. The number of ether oxygens (including phenoxy) is 2. The van der Waals surface area contributed by atoms with Crippen LogP contribution in [0.25, 0.3) is 11.1 Å². The van der Waals surface area contributed by atoms with Gasteiger partial charge in [0.25, 0.3) is 0 Å². The number of hydrogen-bond donors (Lipinski definition) is 3. The van der Waals surface area contributed by atoms with Gasteiger partial charge in [0.2, 0.25) is 5.91 Å². The van der Waals surface area contributed by atoms with E-state index in [1.54, 1.807) is 0 Å². The quantitative estimate of drug-likeness (QED) is 0.554. The second-order valence-corrected chi connectivity index (χ2v) is 9.40. The summed E-state index contributed by atoms with van der Waals surface area (Å²) in [5, 5.41) is 14.7. The molecule has 0 spiro atoms. The van der Waals surface area contributed by atoms with Crippen LogP contribution in [0, 0.1) is 11.3 Å². The Morgan fingerprint density at radius 1 is 1.00 bits per heavy atom. The van der Waals surface area contributed by atoms with E-state index >= 15 is 0 Å². The molecule has 34 heavy (non-hydrogen) atoms. The Morgan fingerprint density at radius 2 is 1.65 bits per heavy atom. The van der Waals surface area contributed by atoms with Gasteiger partial charge in [-0.1, -0.05) is 48.5 Å². The number of alkyl carbamates (subject to hydrolysis) is 1. The molecule has 5 rings (SSSR count). The summed E-state index contributed by atoms with van der Waals surface area (Å²) in [6.07, 6.45) is 0.929. The van der Waals surface area contributed by atoms with E-state index in [0.717, 1.165) is 11.1 Å². The molecule has 1 aliphatic heterocycles. The molecule has 0 bridgehead atoms. The van der Waals surface area contributed by atoms with Gasteiger partial charge in [0.05, 0.1) is 24.0 Å². The van der Waals surface area contributed by atoms with Crippen LogP contribution in [-0.2, 0) is 19.1 Å². The first kappa shape index (κ1) is 22.4. The summed E-state index contributed by atoms with van der Waals surface area (Å²) in [4.78, 5) is 36.2. The summed E-state index contributed by atoms with van der Waals surface area (Å²) in [6.45, 7) is 0.876. The SMILES string of the molecule is O=C(NCC1(C(=O)NC[C@@H]2C[C@H](C(=O)O)CO2)CC1)OCC1c2ccccc2-c2ccccc21. The van der Waals surface area contributed by atoms with Crippen molar-refractivity contribution in [2.45, 2.75) is 31.3 Å². The summed E-state index contributed by atoms with van der Waals surface area (Å²) in [5.74, 6) is -1.56. The largest absolute Gasteiger partial charge is 0.481 e. The number of carbonyl (C=O) groups excluding carboxylic acids is 2. The summed E-state index contributed by atoms with van der Waals surface area (Å²) < 4.78 is 11.0. The number of carboxylic acids is 1. The zero-order valence-electron chi connectivity index (χ0n) is 18.8. The first-order chi connectivity index (χ1) is 16.5. The van der Waals surface area contributed by atoms with E-state index in [0.29, 0.717) is 19.3 Å². The number of hydrogen-bond acceptors (Lipinski definition) is 5. The van der Waals surface area contributed by atoms with E-state index in [-0.39, 0.29) is 44.2 Å². The van der Waals surface area contributed by atoms with Crippen molar-refractivity contribution in [2.24, 2.45) is 11.3 Å². The average molecular weight is 465 g/mol. The average Bonchev–Trinajstić information content (AvgIpc) is 3.37. The molecule has 2 amide bonds. The van der Waals surface area contributed by atoms with Gasteiger partial charge in [-0.3, -0.25) is 9.59 Å². The van der Waals surface area contributed by atoms with Gasteiger partial charge in [0.1, 0.15) is 6.61 Å².